The van der Waals surface area contributed by atoms with E-state index in [4.69, 9.17) is 9.47 Å². The molecule has 0 aromatic heterocycles. The number of hydrogen-bond donors (Lipinski definition) is 1. The number of rotatable bonds is 5. The number of Topliss-reactive ketones (excluding diaryl/α,β-unsaturated/α-hetero) is 1. The Bertz CT molecular complexity index is 385. The predicted molar refractivity (Wildman–Crippen MR) is 65.0 cm³/mol. The fourth-order valence-electron chi connectivity index (χ4n) is 1.65. The summed E-state index contributed by atoms with van der Waals surface area (Å²) in [7, 11) is 2.92. The van der Waals surface area contributed by atoms with Crippen molar-refractivity contribution in [3.05, 3.63) is 17.7 Å². The van der Waals surface area contributed by atoms with Gasteiger partial charge in [-0.15, -0.1) is 0 Å². The number of methoxy groups -OCH3 is 2. The Kier molecular flexibility index (Phi) is 4.37. The van der Waals surface area contributed by atoms with Crippen molar-refractivity contribution in [3.8, 4) is 17.2 Å². The van der Waals surface area contributed by atoms with Crippen LogP contribution in [0.1, 0.15) is 30.6 Å². The summed E-state index contributed by atoms with van der Waals surface area (Å²) in [6.07, 6.45) is 0.414. The number of phenolic OH excluding ortho intramolecular Hbond substituents is 1. The summed E-state index contributed by atoms with van der Waals surface area (Å²) in [5.41, 5.74) is 0.390. The molecule has 0 spiro atoms. The van der Waals surface area contributed by atoms with Gasteiger partial charge < -0.3 is 14.6 Å². The molecule has 0 aliphatic heterocycles. The van der Waals surface area contributed by atoms with Crippen molar-refractivity contribution in [1.82, 2.24) is 0 Å². The minimum Gasteiger partial charge on any atom is -0.508 e. The summed E-state index contributed by atoms with van der Waals surface area (Å²) in [5.74, 6) is 0.902. The number of carbonyl (C=O) groups excluding carboxylic acids is 1. The second kappa shape index (κ2) is 5.57. The Hall–Kier alpha value is -1.71. The van der Waals surface area contributed by atoms with Crippen molar-refractivity contribution in [3.63, 3.8) is 0 Å². The predicted octanol–water partition coefficient (Wildman–Crippen LogP) is 2.64. The molecule has 1 N–H and O–H groups in total. The van der Waals surface area contributed by atoms with Gasteiger partial charge in [0, 0.05) is 18.6 Å². The zero-order valence-electron chi connectivity index (χ0n) is 10.6. The molecule has 0 amide bonds. The van der Waals surface area contributed by atoms with Crippen LogP contribution in [0.25, 0.3) is 0 Å². The van der Waals surface area contributed by atoms with E-state index < -0.39 is 0 Å². The van der Waals surface area contributed by atoms with Crippen molar-refractivity contribution < 1.29 is 19.4 Å². The molecule has 4 heteroatoms. The first-order valence-electron chi connectivity index (χ1n) is 5.47. The number of benzene rings is 1. The van der Waals surface area contributed by atoms with Gasteiger partial charge in [-0.3, -0.25) is 4.79 Å². The maximum atomic E-state index is 12.1. The molecule has 0 bridgehead atoms. The lowest BCUT2D eigenvalue weighted by molar-refractivity contribution is 0.0961. The summed E-state index contributed by atoms with van der Waals surface area (Å²) in [4.78, 5) is 12.1. The van der Waals surface area contributed by atoms with Gasteiger partial charge in [0.05, 0.1) is 14.2 Å². The Morgan fingerprint density at radius 1 is 1.24 bits per heavy atom. The van der Waals surface area contributed by atoms with Crippen molar-refractivity contribution in [2.45, 2.75) is 20.3 Å². The Morgan fingerprint density at radius 3 is 2.06 bits per heavy atom. The van der Waals surface area contributed by atoms with E-state index >= 15 is 0 Å². The van der Waals surface area contributed by atoms with Crippen LogP contribution in [0.15, 0.2) is 12.1 Å². The zero-order valence-corrected chi connectivity index (χ0v) is 10.6. The molecule has 1 aromatic rings. The van der Waals surface area contributed by atoms with Crippen LogP contribution in [-0.4, -0.2) is 25.1 Å². The van der Waals surface area contributed by atoms with Crippen LogP contribution in [-0.2, 0) is 0 Å². The van der Waals surface area contributed by atoms with Gasteiger partial charge in [0.25, 0.3) is 0 Å². The summed E-state index contributed by atoms with van der Waals surface area (Å²) in [6.45, 7) is 3.94. The van der Waals surface area contributed by atoms with E-state index in [0.717, 1.165) is 0 Å². The average molecular weight is 238 g/mol. The summed E-state index contributed by atoms with van der Waals surface area (Å²) < 4.78 is 10.2. The molecular weight excluding hydrogens is 220 g/mol. The lowest BCUT2D eigenvalue weighted by Crippen LogP contribution is -2.07. The van der Waals surface area contributed by atoms with Gasteiger partial charge in [-0.2, -0.15) is 0 Å². The average Bonchev–Trinajstić information content (AvgIpc) is 2.26. The third kappa shape index (κ3) is 3.12. The third-order valence-electron chi connectivity index (χ3n) is 2.36. The van der Waals surface area contributed by atoms with Crippen LogP contribution in [0.4, 0.5) is 0 Å². The molecule has 0 unspecified atom stereocenters. The maximum Gasteiger partial charge on any atom is 0.170 e. The van der Waals surface area contributed by atoms with E-state index in [1.807, 2.05) is 13.8 Å². The molecular formula is C13H18O4. The zero-order chi connectivity index (χ0) is 13.0. The molecule has 94 valence electrons. The Morgan fingerprint density at radius 2 is 1.71 bits per heavy atom. The van der Waals surface area contributed by atoms with E-state index in [2.05, 4.69) is 0 Å². The standard InChI is InChI=1S/C13H18O4/c1-8(2)5-10(15)13-11(16-3)6-9(14)7-12(13)17-4/h6-8,14H,5H2,1-4H3. The number of ketones is 1. The van der Waals surface area contributed by atoms with Gasteiger partial charge >= 0.3 is 0 Å². The van der Waals surface area contributed by atoms with Crippen molar-refractivity contribution in [1.29, 1.82) is 0 Å². The molecule has 0 atom stereocenters. The highest BCUT2D eigenvalue weighted by molar-refractivity contribution is 6.01. The molecule has 4 nitrogen and oxygen atoms in total. The van der Waals surface area contributed by atoms with Gasteiger partial charge in [0.15, 0.2) is 5.78 Å². The minimum absolute atomic E-state index is 0.0137. The van der Waals surface area contributed by atoms with Gasteiger partial charge in [-0.05, 0) is 5.92 Å². The van der Waals surface area contributed by atoms with Crippen molar-refractivity contribution >= 4 is 5.78 Å². The number of hydrogen-bond acceptors (Lipinski definition) is 4. The molecule has 1 aromatic carbocycles. The number of carbonyl (C=O) groups is 1. The molecule has 0 saturated heterocycles. The second-order valence-electron chi connectivity index (χ2n) is 4.25. The maximum absolute atomic E-state index is 12.1. The first-order valence-corrected chi connectivity index (χ1v) is 5.47. The summed E-state index contributed by atoms with van der Waals surface area (Å²) >= 11 is 0. The molecule has 0 heterocycles. The minimum atomic E-state index is -0.0475. The largest absolute Gasteiger partial charge is 0.508 e. The summed E-state index contributed by atoms with van der Waals surface area (Å²) in [5, 5.41) is 9.47. The first kappa shape index (κ1) is 13.4. The van der Waals surface area contributed by atoms with E-state index in [0.29, 0.717) is 23.5 Å². The van der Waals surface area contributed by atoms with Crippen molar-refractivity contribution in [2.24, 2.45) is 5.92 Å². The van der Waals surface area contributed by atoms with Crippen molar-refractivity contribution in [2.75, 3.05) is 14.2 Å². The molecule has 1 rings (SSSR count). The second-order valence-corrected chi connectivity index (χ2v) is 4.25. The fraction of sp³-hybridized carbons (Fsp3) is 0.462. The van der Waals surface area contributed by atoms with Crippen LogP contribution >= 0.6 is 0 Å². The molecule has 0 saturated carbocycles. The quantitative estimate of drug-likeness (QED) is 0.801. The van der Waals surface area contributed by atoms with Crippen LogP contribution in [0.5, 0.6) is 17.2 Å². The topological polar surface area (TPSA) is 55.8 Å². The fourth-order valence-corrected chi connectivity index (χ4v) is 1.65. The smallest absolute Gasteiger partial charge is 0.170 e. The highest BCUT2D eigenvalue weighted by Gasteiger charge is 2.20. The highest BCUT2D eigenvalue weighted by atomic mass is 16.5. The number of aromatic hydroxyl groups is 1. The molecule has 0 aliphatic rings. The molecule has 0 fully saturated rings. The van der Waals surface area contributed by atoms with Crippen LogP contribution in [0.3, 0.4) is 0 Å². The summed E-state index contributed by atoms with van der Waals surface area (Å²) in [6, 6.07) is 2.83. The van der Waals surface area contributed by atoms with E-state index in [-0.39, 0.29) is 17.5 Å². The Labute approximate surface area is 101 Å². The number of phenols is 1. The number of ether oxygens (including phenoxy) is 2. The first-order chi connectivity index (χ1) is 7.99. The van der Waals surface area contributed by atoms with Gasteiger partial charge in [-0.25, -0.2) is 0 Å². The SMILES string of the molecule is COc1cc(O)cc(OC)c1C(=O)CC(C)C. The third-order valence-corrected chi connectivity index (χ3v) is 2.36. The van der Waals surface area contributed by atoms with Gasteiger partial charge in [-0.1, -0.05) is 13.8 Å². The normalized spacial score (nSPS) is 10.4. The lowest BCUT2D eigenvalue weighted by atomic mass is 9.99. The van der Waals surface area contributed by atoms with E-state index in [1.165, 1.54) is 26.4 Å². The van der Waals surface area contributed by atoms with Crippen LogP contribution in [0.2, 0.25) is 0 Å². The monoisotopic (exact) mass is 238 g/mol. The van der Waals surface area contributed by atoms with E-state index in [9.17, 15) is 9.90 Å². The van der Waals surface area contributed by atoms with Crippen LogP contribution < -0.4 is 9.47 Å². The van der Waals surface area contributed by atoms with E-state index in [1.54, 1.807) is 0 Å². The molecule has 0 aliphatic carbocycles. The Balaban J connectivity index is 3.23. The highest BCUT2D eigenvalue weighted by Crippen LogP contribution is 2.34. The lowest BCUT2D eigenvalue weighted by Gasteiger charge is -2.13. The van der Waals surface area contributed by atoms with Crippen LogP contribution in [0, 0.1) is 5.92 Å². The van der Waals surface area contributed by atoms with Gasteiger partial charge in [0.1, 0.15) is 22.8 Å². The molecule has 0 radical (unpaired) electrons. The molecule has 17 heavy (non-hydrogen) atoms. The van der Waals surface area contributed by atoms with Gasteiger partial charge in [0.2, 0.25) is 0 Å².